The van der Waals surface area contributed by atoms with Gasteiger partial charge in [0.15, 0.2) is 10.1 Å². The fourth-order valence-corrected chi connectivity index (χ4v) is 9.12. The van der Waals surface area contributed by atoms with Gasteiger partial charge in [-0.15, -0.1) is 23.2 Å². The van der Waals surface area contributed by atoms with Crippen molar-refractivity contribution >= 4 is 140 Å². The molecule has 5 rings (SSSR count). The summed E-state index contributed by atoms with van der Waals surface area (Å²) in [6.45, 7) is -0.845. The number of Topliss-reactive ketones (excluding diaryl/α,β-unsaturated/α-hetero) is 1. The molecule has 3 amide bonds. The van der Waals surface area contributed by atoms with Crippen molar-refractivity contribution in [3.63, 3.8) is 0 Å². The Morgan fingerprint density at radius 1 is 0.725 bits per heavy atom. The van der Waals surface area contributed by atoms with E-state index in [-0.39, 0.29) is 41.3 Å². The van der Waals surface area contributed by atoms with Crippen LogP contribution in [-0.4, -0.2) is 54.1 Å². The minimum atomic E-state index is -2.19. The Morgan fingerprint density at radius 3 is 1.57 bits per heavy atom. The topological polar surface area (TPSA) is 74.8 Å². The molecule has 0 aromatic heterocycles. The van der Waals surface area contributed by atoms with E-state index in [1.807, 2.05) is 0 Å². The number of halogens is 10. The van der Waals surface area contributed by atoms with Gasteiger partial charge in [0, 0.05) is 15.6 Å². The van der Waals surface area contributed by atoms with Crippen LogP contribution >= 0.6 is 116 Å². The van der Waals surface area contributed by atoms with Crippen LogP contribution in [0.15, 0.2) is 46.5 Å². The van der Waals surface area contributed by atoms with Gasteiger partial charge in [-0.1, -0.05) is 92.8 Å². The lowest BCUT2D eigenvalue weighted by molar-refractivity contribution is -0.154. The molecule has 4 atom stereocenters. The van der Waals surface area contributed by atoms with E-state index >= 15 is 0 Å². The average Bonchev–Trinajstić information content (AvgIpc) is 3.25. The molecular formula is C24H10Cl10N2O4. The average molecular weight is 745 g/mol. The maximum atomic E-state index is 13.9. The predicted octanol–water partition coefficient (Wildman–Crippen LogP) is 7.99. The van der Waals surface area contributed by atoms with Crippen LogP contribution in [0.2, 0.25) is 20.1 Å². The summed E-state index contributed by atoms with van der Waals surface area (Å²) in [5.74, 6) is -6.94. The number of carbonyl (C=O) groups is 4. The van der Waals surface area contributed by atoms with Gasteiger partial charge >= 0.3 is 0 Å². The first-order valence-corrected chi connectivity index (χ1v) is 14.7. The number of carbonyl (C=O) groups excluding carboxylic acids is 4. The fourth-order valence-electron chi connectivity index (χ4n) is 5.19. The van der Waals surface area contributed by atoms with E-state index in [0.717, 1.165) is 0 Å². The number of fused-ring (bicyclic) bond motifs is 5. The van der Waals surface area contributed by atoms with Crippen molar-refractivity contribution in [2.24, 2.45) is 11.8 Å². The molecular weight excluding hydrogens is 735 g/mol. The number of alkyl halides is 4. The third-order valence-corrected chi connectivity index (χ3v) is 12.4. The number of amides is 3. The summed E-state index contributed by atoms with van der Waals surface area (Å²) in [5, 5.41) is 0.751. The molecule has 2 aromatic carbocycles. The van der Waals surface area contributed by atoms with E-state index < -0.39 is 56.0 Å². The normalized spacial score (nSPS) is 28.4. The van der Waals surface area contributed by atoms with Crippen molar-refractivity contribution in [1.82, 2.24) is 10.0 Å². The lowest BCUT2D eigenvalue weighted by atomic mass is 9.84. The quantitative estimate of drug-likeness (QED) is 0.177. The number of hydrogen-bond donors (Lipinski definition) is 0. The summed E-state index contributed by atoms with van der Waals surface area (Å²) in [7, 11) is 0. The number of ketones is 1. The van der Waals surface area contributed by atoms with Gasteiger partial charge in [0.05, 0.1) is 37.5 Å². The first-order chi connectivity index (χ1) is 18.5. The molecule has 1 aliphatic heterocycles. The number of rotatable bonds is 5. The molecule has 2 aliphatic carbocycles. The molecule has 2 bridgehead atoms. The van der Waals surface area contributed by atoms with Crippen molar-refractivity contribution < 1.29 is 19.2 Å². The molecule has 0 radical (unpaired) electrons. The first kappa shape index (κ1) is 30.8. The molecule has 0 N–H and O–H groups in total. The monoisotopic (exact) mass is 740 g/mol. The minimum Gasteiger partial charge on any atom is -0.292 e. The predicted molar refractivity (Wildman–Crippen MR) is 157 cm³/mol. The summed E-state index contributed by atoms with van der Waals surface area (Å²) < 4.78 is -2.19. The Bertz CT molecular complexity index is 1530. The van der Waals surface area contributed by atoms with Crippen molar-refractivity contribution in [2.75, 3.05) is 6.54 Å². The van der Waals surface area contributed by atoms with Gasteiger partial charge in [-0.05, 0) is 36.4 Å². The van der Waals surface area contributed by atoms with Gasteiger partial charge in [-0.2, -0.15) is 5.01 Å². The first-order valence-electron chi connectivity index (χ1n) is 11.0. The highest BCUT2D eigenvalue weighted by Gasteiger charge is 2.88. The molecule has 2 fully saturated rings. The van der Waals surface area contributed by atoms with Crippen LogP contribution in [0.3, 0.4) is 0 Å². The SMILES string of the molecule is O=C(CN(C(=O)c1ccc(Cl)cc1Cl)N1C(=O)[C@H]2[C@H](C1=O)[C@@]1(Cl)C(Cl)=C(Cl)[C@@]2(Cl)C1(Cl)Cl)c1ccc(Cl)cc1Cl. The van der Waals surface area contributed by atoms with Gasteiger partial charge in [0.2, 0.25) is 0 Å². The van der Waals surface area contributed by atoms with Crippen LogP contribution in [0, 0.1) is 11.8 Å². The molecule has 3 aliphatic rings. The van der Waals surface area contributed by atoms with E-state index in [1.165, 1.54) is 36.4 Å². The minimum absolute atomic E-state index is 0.0281. The largest absolute Gasteiger partial charge is 0.292 e. The smallest absolute Gasteiger partial charge is 0.274 e. The molecule has 210 valence electrons. The molecule has 1 saturated heterocycles. The Morgan fingerprint density at radius 2 is 1.15 bits per heavy atom. The Kier molecular flexibility index (Phi) is 7.88. The number of hydrazine groups is 1. The highest BCUT2D eigenvalue weighted by molar-refractivity contribution is 6.67. The fraction of sp³-hybridized carbons (Fsp3) is 0.250. The standard InChI is InChI=1S/C24H10Cl10N2O4/c25-8-1-3-10(12(27)5-8)14(37)7-35(19(38)11-4-2-9(26)6-13(11)28)36-20(39)15-16(21(36)40)23(32)18(30)17(29)22(15,31)24(23,33)34/h1-6,15-16H,7H2/t15-,16-,22-,23-/m1/s1. The maximum Gasteiger partial charge on any atom is 0.274 e. The van der Waals surface area contributed by atoms with E-state index in [2.05, 4.69) is 0 Å². The molecule has 0 unspecified atom stereocenters. The zero-order chi connectivity index (χ0) is 29.7. The van der Waals surface area contributed by atoms with Crippen LogP contribution in [0.4, 0.5) is 0 Å². The number of allylic oxidation sites excluding steroid dienone is 2. The van der Waals surface area contributed by atoms with Gasteiger partial charge < -0.3 is 0 Å². The van der Waals surface area contributed by atoms with Crippen molar-refractivity contribution in [3.05, 3.63) is 77.7 Å². The molecule has 6 nitrogen and oxygen atoms in total. The van der Waals surface area contributed by atoms with E-state index in [0.29, 0.717) is 10.0 Å². The Labute approximate surface area is 276 Å². The number of hydrogen-bond acceptors (Lipinski definition) is 4. The highest BCUT2D eigenvalue weighted by Crippen LogP contribution is 2.77. The lowest BCUT2D eigenvalue weighted by Gasteiger charge is -2.37. The second kappa shape index (κ2) is 10.2. The van der Waals surface area contributed by atoms with E-state index in [1.54, 1.807) is 0 Å². The zero-order valence-corrected chi connectivity index (χ0v) is 26.7. The summed E-state index contributed by atoms with van der Waals surface area (Å²) in [4.78, 5) is 50.8. The van der Waals surface area contributed by atoms with Gasteiger partial charge in [-0.3, -0.25) is 19.2 Å². The summed E-state index contributed by atoms with van der Waals surface area (Å²) >= 11 is 63.7. The third-order valence-electron chi connectivity index (χ3n) is 7.05. The third kappa shape index (κ3) is 3.98. The Balaban J connectivity index is 1.62. The van der Waals surface area contributed by atoms with Crippen molar-refractivity contribution in [2.45, 2.75) is 14.1 Å². The van der Waals surface area contributed by atoms with Crippen molar-refractivity contribution in [1.29, 1.82) is 0 Å². The van der Waals surface area contributed by atoms with E-state index in [9.17, 15) is 19.2 Å². The van der Waals surface area contributed by atoms with Crippen LogP contribution in [0.1, 0.15) is 20.7 Å². The van der Waals surface area contributed by atoms with Gasteiger partial charge in [-0.25, -0.2) is 5.01 Å². The molecule has 1 saturated carbocycles. The van der Waals surface area contributed by atoms with Crippen LogP contribution in [0.5, 0.6) is 0 Å². The molecule has 2 aromatic rings. The highest BCUT2D eigenvalue weighted by atomic mass is 35.5. The molecule has 40 heavy (non-hydrogen) atoms. The van der Waals surface area contributed by atoms with Crippen LogP contribution in [-0.2, 0) is 9.59 Å². The second-order valence-electron chi connectivity index (χ2n) is 9.10. The van der Waals surface area contributed by atoms with Gasteiger partial charge in [0.1, 0.15) is 16.3 Å². The molecule has 1 heterocycles. The summed E-state index contributed by atoms with van der Waals surface area (Å²) in [6.07, 6.45) is 0. The molecule has 16 heteroatoms. The second-order valence-corrected chi connectivity index (χ2v) is 14.1. The Hall–Kier alpha value is -0.640. The summed E-state index contributed by atoms with van der Waals surface area (Å²) in [5.41, 5.74) is -0.220. The van der Waals surface area contributed by atoms with Gasteiger partial charge in [0.25, 0.3) is 17.7 Å². The summed E-state index contributed by atoms with van der Waals surface area (Å²) in [6, 6.07) is 7.95. The van der Waals surface area contributed by atoms with Crippen LogP contribution in [0.25, 0.3) is 0 Å². The zero-order valence-electron chi connectivity index (χ0n) is 19.1. The van der Waals surface area contributed by atoms with E-state index in [4.69, 9.17) is 116 Å². The number of nitrogens with zero attached hydrogens (tertiary/aromatic N) is 2. The lowest BCUT2D eigenvalue weighted by Crippen LogP contribution is -2.56. The number of imide groups is 1. The van der Waals surface area contributed by atoms with Crippen molar-refractivity contribution in [3.8, 4) is 0 Å². The van der Waals surface area contributed by atoms with Crippen LogP contribution < -0.4 is 0 Å². The maximum absolute atomic E-state index is 13.9. The number of benzene rings is 2. The molecule has 0 spiro atoms.